The first-order valence-corrected chi connectivity index (χ1v) is 13.5. The van der Waals surface area contributed by atoms with Gasteiger partial charge in [0, 0.05) is 11.5 Å². The summed E-state index contributed by atoms with van der Waals surface area (Å²) in [5, 5.41) is 22.8. The van der Waals surface area contributed by atoms with Gasteiger partial charge in [0.2, 0.25) is 5.91 Å². The first-order valence-electron chi connectivity index (χ1n) is 11.7. The molecule has 1 atom stereocenters. The Morgan fingerprint density at radius 1 is 1.32 bits per heavy atom. The van der Waals surface area contributed by atoms with Crippen LogP contribution in [0, 0.1) is 18.3 Å². The molecule has 178 valence electrons. The third-order valence-electron chi connectivity index (χ3n) is 6.35. The minimum Gasteiger partial charge on any atom is -0.469 e. The number of nitrogens with zero attached hydrogens (tertiary/aromatic N) is 4. The average molecular weight is 498 g/mol. The lowest BCUT2D eigenvalue weighted by molar-refractivity contribution is -0.113. The van der Waals surface area contributed by atoms with E-state index >= 15 is 0 Å². The minimum absolute atomic E-state index is 0.106. The highest BCUT2D eigenvalue weighted by molar-refractivity contribution is 7.99. The van der Waals surface area contributed by atoms with Crippen molar-refractivity contribution in [2.75, 3.05) is 17.7 Å². The van der Waals surface area contributed by atoms with Gasteiger partial charge in [-0.2, -0.15) is 5.26 Å². The molecule has 1 fully saturated rings. The summed E-state index contributed by atoms with van der Waals surface area (Å²) in [7, 11) is 0. The van der Waals surface area contributed by atoms with Crippen molar-refractivity contribution in [3.63, 3.8) is 0 Å². The zero-order valence-corrected chi connectivity index (χ0v) is 20.8. The fourth-order valence-corrected chi connectivity index (χ4v) is 6.61. The Morgan fingerprint density at radius 2 is 2.21 bits per heavy atom. The van der Waals surface area contributed by atoms with E-state index < -0.39 is 0 Å². The van der Waals surface area contributed by atoms with Crippen LogP contribution in [0.25, 0.3) is 11.4 Å². The molecule has 0 spiro atoms. The van der Waals surface area contributed by atoms with E-state index in [-0.39, 0.29) is 17.8 Å². The molecule has 1 N–H and O–H groups in total. The fourth-order valence-electron chi connectivity index (χ4n) is 4.61. The molecule has 3 aromatic heterocycles. The number of anilines is 1. The fraction of sp³-hybridized carbons (Fsp3) is 0.500. The molecule has 2 aliphatic rings. The summed E-state index contributed by atoms with van der Waals surface area (Å²) >= 11 is 2.90. The van der Waals surface area contributed by atoms with Crippen molar-refractivity contribution in [3.05, 3.63) is 34.1 Å². The molecule has 0 bridgehead atoms. The van der Waals surface area contributed by atoms with Crippen LogP contribution in [-0.4, -0.2) is 39.1 Å². The maximum Gasteiger partial charge on any atom is 0.235 e. The molecule has 1 aliphatic carbocycles. The lowest BCUT2D eigenvalue weighted by Gasteiger charge is -2.14. The normalized spacial score (nSPS) is 17.8. The van der Waals surface area contributed by atoms with Gasteiger partial charge in [-0.25, -0.2) is 0 Å². The quantitative estimate of drug-likeness (QED) is 0.363. The molecule has 0 unspecified atom stereocenters. The smallest absolute Gasteiger partial charge is 0.235 e. The Hall–Kier alpha value is -2.61. The van der Waals surface area contributed by atoms with E-state index in [1.807, 2.05) is 17.6 Å². The zero-order valence-electron chi connectivity index (χ0n) is 19.1. The third kappa shape index (κ3) is 4.78. The van der Waals surface area contributed by atoms with Crippen LogP contribution < -0.4 is 5.32 Å². The first kappa shape index (κ1) is 23.1. The van der Waals surface area contributed by atoms with Crippen molar-refractivity contribution in [3.8, 4) is 17.5 Å². The number of nitrogens with one attached hydrogen (secondary N) is 1. The maximum absolute atomic E-state index is 12.8. The van der Waals surface area contributed by atoms with Crippen LogP contribution in [0.15, 0.2) is 21.9 Å². The monoisotopic (exact) mass is 497 g/mol. The van der Waals surface area contributed by atoms with Crippen molar-refractivity contribution in [1.29, 1.82) is 5.26 Å². The van der Waals surface area contributed by atoms with Gasteiger partial charge in [-0.3, -0.25) is 9.36 Å². The van der Waals surface area contributed by atoms with E-state index in [9.17, 15) is 10.1 Å². The number of aromatic nitrogens is 3. The molecule has 0 aromatic carbocycles. The van der Waals surface area contributed by atoms with Crippen LogP contribution in [0.2, 0.25) is 0 Å². The average Bonchev–Trinajstić information content (AvgIpc) is 3.60. The van der Waals surface area contributed by atoms with Crippen LogP contribution in [-0.2, 0) is 28.9 Å². The molecule has 10 heteroatoms. The molecule has 1 amide bonds. The number of aryl methyl sites for hydroxylation is 2. The van der Waals surface area contributed by atoms with E-state index in [1.54, 1.807) is 17.6 Å². The molecule has 34 heavy (non-hydrogen) atoms. The number of furan rings is 1. The van der Waals surface area contributed by atoms with Crippen molar-refractivity contribution < 1.29 is 13.9 Å². The number of thioether (sulfide) groups is 1. The Bertz CT molecular complexity index is 1220. The van der Waals surface area contributed by atoms with Gasteiger partial charge in [0.25, 0.3) is 0 Å². The van der Waals surface area contributed by atoms with Gasteiger partial charge in [0.05, 0.1) is 35.8 Å². The van der Waals surface area contributed by atoms with Gasteiger partial charge >= 0.3 is 0 Å². The van der Waals surface area contributed by atoms with E-state index in [1.165, 1.54) is 23.1 Å². The zero-order chi connectivity index (χ0) is 23.5. The van der Waals surface area contributed by atoms with Gasteiger partial charge in [-0.15, -0.1) is 21.5 Å². The van der Waals surface area contributed by atoms with Crippen LogP contribution in [0.4, 0.5) is 5.00 Å². The number of nitriles is 1. The SMILES string of the molecule is Cc1occc1-c1nnc(SCC(=O)Nc2sc3c(c2C#N)CCCCC3)n1C[C@H]1CCCO1. The molecule has 0 radical (unpaired) electrons. The maximum atomic E-state index is 12.8. The Morgan fingerprint density at radius 3 is 2.97 bits per heavy atom. The standard InChI is InChI=1S/C24H27N5O3S2/c1-15-17(9-11-31-15)22-27-28-24(29(22)13-16-6-5-10-32-16)33-14-21(30)26-23-19(12-25)18-7-3-2-4-8-20(18)34-23/h9,11,16H,2-8,10,13-14H2,1H3,(H,26,30)/t16-/m1/s1. The van der Waals surface area contributed by atoms with Crippen LogP contribution >= 0.6 is 23.1 Å². The summed E-state index contributed by atoms with van der Waals surface area (Å²) in [6.45, 7) is 3.30. The summed E-state index contributed by atoms with van der Waals surface area (Å²) in [4.78, 5) is 14.1. The topological polar surface area (TPSA) is 106 Å². The number of amides is 1. The van der Waals surface area contributed by atoms with E-state index in [0.29, 0.717) is 22.3 Å². The number of ether oxygens (including phenoxy) is 1. The summed E-state index contributed by atoms with van der Waals surface area (Å²) < 4.78 is 13.3. The predicted molar refractivity (Wildman–Crippen MR) is 131 cm³/mol. The van der Waals surface area contributed by atoms with Gasteiger partial charge in [0.15, 0.2) is 11.0 Å². The van der Waals surface area contributed by atoms with Crippen LogP contribution in [0.5, 0.6) is 0 Å². The second kappa shape index (κ2) is 10.3. The highest BCUT2D eigenvalue weighted by Gasteiger charge is 2.25. The predicted octanol–water partition coefficient (Wildman–Crippen LogP) is 4.96. The van der Waals surface area contributed by atoms with Gasteiger partial charge in [-0.05, 0) is 57.1 Å². The van der Waals surface area contributed by atoms with E-state index in [2.05, 4.69) is 21.6 Å². The number of thiophene rings is 1. The Kier molecular flexibility index (Phi) is 7.04. The Balaban J connectivity index is 1.31. The molecule has 8 nitrogen and oxygen atoms in total. The molecular formula is C24H27N5O3S2. The number of rotatable bonds is 7. The molecule has 4 heterocycles. The second-order valence-electron chi connectivity index (χ2n) is 8.66. The van der Waals surface area contributed by atoms with Crippen molar-refractivity contribution in [2.45, 2.75) is 69.7 Å². The van der Waals surface area contributed by atoms with E-state index in [4.69, 9.17) is 9.15 Å². The third-order valence-corrected chi connectivity index (χ3v) is 8.52. The van der Waals surface area contributed by atoms with Gasteiger partial charge < -0.3 is 14.5 Å². The van der Waals surface area contributed by atoms with Crippen LogP contribution in [0.3, 0.4) is 0 Å². The summed E-state index contributed by atoms with van der Waals surface area (Å²) in [6.07, 6.45) is 9.12. The number of carbonyl (C=O) groups excluding carboxylic acids is 1. The summed E-state index contributed by atoms with van der Waals surface area (Å²) in [6, 6.07) is 4.21. The van der Waals surface area contributed by atoms with Gasteiger partial charge in [0.1, 0.15) is 16.8 Å². The summed E-state index contributed by atoms with van der Waals surface area (Å²) in [5.41, 5.74) is 2.66. The van der Waals surface area contributed by atoms with Crippen molar-refractivity contribution in [2.24, 2.45) is 0 Å². The summed E-state index contributed by atoms with van der Waals surface area (Å²) in [5.74, 6) is 1.53. The molecule has 0 saturated carbocycles. The lowest BCUT2D eigenvalue weighted by Crippen LogP contribution is -2.18. The van der Waals surface area contributed by atoms with Crippen molar-refractivity contribution in [1.82, 2.24) is 14.8 Å². The molecule has 3 aromatic rings. The Labute approximate surface area is 206 Å². The number of hydrogen-bond acceptors (Lipinski definition) is 8. The highest BCUT2D eigenvalue weighted by Crippen LogP contribution is 2.37. The molecule has 5 rings (SSSR count). The molecular weight excluding hydrogens is 470 g/mol. The number of carbonyl (C=O) groups is 1. The number of hydrogen-bond donors (Lipinski definition) is 1. The lowest BCUT2D eigenvalue weighted by atomic mass is 10.1. The highest BCUT2D eigenvalue weighted by atomic mass is 32.2. The second-order valence-corrected chi connectivity index (χ2v) is 10.7. The van der Waals surface area contributed by atoms with Crippen LogP contribution in [0.1, 0.15) is 53.9 Å². The minimum atomic E-state index is -0.148. The largest absolute Gasteiger partial charge is 0.469 e. The first-order chi connectivity index (χ1) is 16.6. The van der Waals surface area contributed by atoms with Crippen molar-refractivity contribution >= 4 is 34.0 Å². The molecule has 1 saturated heterocycles. The van der Waals surface area contributed by atoms with E-state index in [0.717, 1.165) is 67.8 Å². The number of fused-ring (bicyclic) bond motifs is 1. The molecule has 1 aliphatic heterocycles. The van der Waals surface area contributed by atoms with Gasteiger partial charge in [-0.1, -0.05) is 18.2 Å².